The molecule has 1 N–H and O–H groups in total. The zero-order valence-corrected chi connectivity index (χ0v) is 11.9. The Bertz CT molecular complexity index is 649. The molecule has 0 heterocycles. The lowest BCUT2D eigenvalue weighted by Crippen LogP contribution is -2.37. The van der Waals surface area contributed by atoms with Crippen LogP contribution in [0.3, 0.4) is 0 Å². The summed E-state index contributed by atoms with van der Waals surface area (Å²) in [4.78, 5) is 11.1. The minimum Gasteiger partial charge on any atom is -0.480 e. The van der Waals surface area contributed by atoms with Crippen molar-refractivity contribution in [2.45, 2.75) is 43.0 Å². The van der Waals surface area contributed by atoms with Crippen LogP contribution in [-0.4, -0.2) is 36.4 Å². The van der Waals surface area contributed by atoms with Gasteiger partial charge in [0.1, 0.15) is 6.54 Å². The van der Waals surface area contributed by atoms with Crippen LogP contribution in [0, 0.1) is 0 Å². The van der Waals surface area contributed by atoms with Crippen molar-refractivity contribution in [3.63, 3.8) is 0 Å². The average molecular weight is 295 g/mol. The van der Waals surface area contributed by atoms with Gasteiger partial charge in [0, 0.05) is 6.04 Å². The number of sulfonamides is 1. The van der Waals surface area contributed by atoms with Crippen LogP contribution < -0.4 is 0 Å². The molecule has 2 aliphatic carbocycles. The highest BCUT2D eigenvalue weighted by Crippen LogP contribution is 2.33. The van der Waals surface area contributed by atoms with E-state index in [9.17, 15) is 13.2 Å². The zero-order chi connectivity index (χ0) is 14.3. The highest BCUT2D eigenvalue weighted by Gasteiger charge is 2.39. The summed E-state index contributed by atoms with van der Waals surface area (Å²) in [7, 11) is -3.70. The number of hydrogen-bond acceptors (Lipinski definition) is 3. The highest BCUT2D eigenvalue weighted by molar-refractivity contribution is 7.89. The monoisotopic (exact) mass is 295 g/mol. The molecule has 0 unspecified atom stereocenters. The van der Waals surface area contributed by atoms with Crippen molar-refractivity contribution in [1.29, 1.82) is 0 Å². The fraction of sp³-hybridized carbons (Fsp3) is 0.500. The van der Waals surface area contributed by atoms with Gasteiger partial charge in [0.2, 0.25) is 10.0 Å². The van der Waals surface area contributed by atoms with E-state index in [0.717, 1.165) is 42.0 Å². The number of aliphatic carboxylic acids is 1. The zero-order valence-electron chi connectivity index (χ0n) is 11.1. The summed E-state index contributed by atoms with van der Waals surface area (Å²) >= 11 is 0. The maximum Gasteiger partial charge on any atom is 0.318 e. The van der Waals surface area contributed by atoms with Crippen LogP contribution in [0.25, 0.3) is 0 Å². The molecular formula is C14H17NO4S. The lowest BCUT2D eigenvalue weighted by molar-refractivity contribution is -0.137. The summed E-state index contributed by atoms with van der Waals surface area (Å²) in [5.74, 6) is -1.11. The van der Waals surface area contributed by atoms with E-state index < -0.39 is 22.5 Å². The number of carboxylic acids is 1. The normalized spacial score (nSPS) is 18.2. The van der Waals surface area contributed by atoms with Gasteiger partial charge in [-0.2, -0.15) is 4.31 Å². The SMILES string of the molecule is O=C(O)CN(C1CC1)S(=O)(=O)c1ccc2c(c1)CCC2. The number of carbonyl (C=O) groups is 1. The summed E-state index contributed by atoms with van der Waals surface area (Å²) < 4.78 is 26.4. The van der Waals surface area contributed by atoms with Gasteiger partial charge in [-0.1, -0.05) is 6.07 Å². The van der Waals surface area contributed by atoms with Gasteiger partial charge < -0.3 is 5.11 Å². The first kappa shape index (κ1) is 13.6. The van der Waals surface area contributed by atoms with Crippen molar-refractivity contribution in [3.8, 4) is 0 Å². The van der Waals surface area contributed by atoms with Crippen LogP contribution in [0.15, 0.2) is 23.1 Å². The fourth-order valence-corrected chi connectivity index (χ4v) is 4.44. The topological polar surface area (TPSA) is 74.7 Å². The first-order valence-electron chi connectivity index (χ1n) is 6.84. The molecule has 1 fully saturated rings. The number of carboxylic acid groups (broad SMARTS) is 1. The molecule has 1 aromatic carbocycles. The van der Waals surface area contributed by atoms with Gasteiger partial charge in [-0.3, -0.25) is 4.79 Å². The predicted octanol–water partition coefficient (Wildman–Crippen LogP) is 1.41. The van der Waals surface area contributed by atoms with Gasteiger partial charge in [0.25, 0.3) is 0 Å². The lowest BCUT2D eigenvalue weighted by Gasteiger charge is -2.20. The molecule has 0 atom stereocenters. The highest BCUT2D eigenvalue weighted by atomic mass is 32.2. The van der Waals surface area contributed by atoms with Crippen LogP contribution in [-0.2, 0) is 27.7 Å². The van der Waals surface area contributed by atoms with Crippen molar-refractivity contribution in [1.82, 2.24) is 4.31 Å². The second kappa shape index (κ2) is 4.86. The predicted molar refractivity (Wildman–Crippen MR) is 73.0 cm³/mol. The Labute approximate surface area is 118 Å². The van der Waals surface area contributed by atoms with Crippen LogP contribution >= 0.6 is 0 Å². The standard InChI is InChI=1S/C14H17NO4S/c16-14(17)9-15(12-5-6-12)20(18,19)13-7-4-10-2-1-3-11(10)8-13/h4,7-8,12H,1-3,5-6,9H2,(H,16,17). The van der Waals surface area contributed by atoms with Gasteiger partial charge in [-0.05, 0) is 55.4 Å². The van der Waals surface area contributed by atoms with Gasteiger partial charge in [0.15, 0.2) is 0 Å². The second-order valence-electron chi connectivity index (χ2n) is 5.46. The van der Waals surface area contributed by atoms with Crippen LogP contribution in [0.1, 0.15) is 30.4 Å². The number of aryl methyl sites for hydroxylation is 2. The van der Waals surface area contributed by atoms with Gasteiger partial charge in [0.05, 0.1) is 4.90 Å². The van der Waals surface area contributed by atoms with Gasteiger partial charge >= 0.3 is 5.97 Å². The Morgan fingerprint density at radius 1 is 1.25 bits per heavy atom. The third-order valence-electron chi connectivity index (χ3n) is 3.92. The van der Waals surface area contributed by atoms with E-state index in [2.05, 4.69) is 0 Å². The number of nitrogens with zero attached hydrogens (tertiary/aromatic N) is 1. The van der Waals surface area contributed by atoms with E-state index in [1.54, 1.807) is 12.1 Å². The van der Waals surface area contributed by atoms with Crippen LogP contribution in [0.5, 0.6) is 0 Å². The Morgan fingerprint density at radius 3 is 2.60 bits per heavy atom. The summed E-state index contributed by atoms with van der Waals surface area (Å²) in [6.45, 7) is -0.454. The average Bonchev–Trinajstić information content (AvgIpc) is 3.12. The quantitative estimate of drug-likeness (QED) is 0.891. The van der Waals surface area contributed by atoms with Gasteiger partial charge in [-0.15, -0.1) is 0 Å². The van der Waals surface area contributed by atoms with E-state index in [1.165, 1.54) is 5.56 Å². The minimum atomic E-state index is -3.70. The van der Waals surface area contributed by atoms with Crippen LogP contribution in [0.2, 0.25) is 0 Å². The van der Waals surface area contributed by atoms with E-state index >= 15 is 0 Å². The Morgan fingerprint density at radius 2 is 1.95 bits per heavy atom. The summed E-state index contributed by atoms with van der Waals surface area (Å²) in [5.41, 5.74) is 2.29. The smallest absolute Gasteiger partial charge is 0.318 e. The van der Waals surface area contributed by atoms with Crippen molar-refractivity contribution in [3.05, 3.63) is 29.3 Å². The van der Waals surface area contributed by atoms with E-state index in [0.29, 0.717) is 0 Å². The Balaban J connectivity index is 1.95. The molecule has 0 aromatic heterocycles. The molecule has 0 bridgehead atoms. The molecule has 2 aliphatic rings. The number of benzene rings is 1. The Hall–Kier alpha value is -1.40. The lowest BCUT2D eigenvalue weighted by atomic mass is 10.1. The summed E-state index contributed by atoms with van der Waals surface area (Å²) in [6, 6.07) is 5.04. The van der Waals surface area contributed by atoms with Crippen molar-refractivity contribution >= 4 is 16.0 Å². The maximum atomic E-state index is 12.6. The van der Waals surface area contributed by atoms with Crippen molar-refractivity contribution in [2.75, 3.05) is 6.54 Å². The third kappa shape index (κ3) is 2.45. The van der Waals surface area contributed by atoms with E-state index in [4.69, 9.17) is 5.11 Å². The molecule has 0 aliphatic heterocycles. The third-order valence-corrected chi connectivity index (χ3v) is 5.82. The number of fused-ring (bicyclic) bond motifs is 1. The molecule has 6 heteroatoms. The first-order chi connectivity index (χ1) is 9.48. The molecule has 5 nitrogen and oxygen atoms in total. The molecule has 0 amide bonds. The van der Waals surface area contributed by atoms with E-state index in [-0.39, 0.29) is 10.9 Å². The molecule has 0 spiro atoms. The molecular weight excluding hydrogens is 278 g/mol. The fourth-order valence-electron chi connectivity index (χ4n) is 2.75. The largest absolute Gasteiger partial charge is 0.480 e. The molecule has 108 valence electrons. The van der Waals surface area contributed by atoms with Crippen molar-refractivity contribution < 1.29 is 18.3 Å². The van der Waals surface area contributed by atoms with Gasteiger partial charge in [-0.25, -0.2) is 8.42 Å². The van der Waals surface area contributed by atoms with Crippen LogP contribution in [0.4, 0.5) is 0 Å². The molecule has 0 radical (unpaired) electrons. The second-order valence-corrected chi connectivity index (χ2v) is 7.35. The number of hydrogen-bond donors (Lipinski definition) is 1. The molecule has 1 aromatic rings. The van der Waals surface area contributed by atoms with Crippen molar-refractivity contribution in [2.24, 2.45) is 0 Å². The molecule has 0 saturated heterocycles. The Kier molecular flexibility index (Phi) is 3.30. The first-order valence-corrected chi connectivity index (χ1v) is 8.28. The summed E-state index contributed by atoms with van der Waals surface area (Å²) in [6.07, 6.45) is 4.45. The maximum absolute atomic E-state index is 12.6. The summed E-state index contributed by atoms with van der Waals surface area (Å²) in [5, 5.41) is 8.92. The minimum absolute atomic E-state index is 0.149. The molecule has 20 heavy (non-hydrogen) atoms. The molecule has 3 rings (SSSR count). The number of rotatable bonds is 5. The molecule has 1 saturated carbocycles. The van der Waals surface area contributed by atoms with E-state index in [1.807, 2.05) is 6.07 Å².